The molecule has 1 heterocycles. The second kappa shape index (κ2) is 7.21. The summed E-state index contributed by atoms with van der Waals surface area (Å²) in [6.45, 7) is 8.96. The molecule has 0 aliphatic heterocycles. The highest BCUT2D eigenvalue weighted by atomic mass is 16.3. The van der Waals surface area contributed by atoms with E-state index in [0.717, 1.165) is 13.0 Å². The molecular formula is C14H25N5O2. The van der Waals surface area contributed by atoms with Gasteiger partial charge in [0, 0.05) is 18.0 Å². The van der Waals surface area contributed by atoms with Crippen LogP contribution in [0.2, 0.25) is 0 Å². The standard InChI is InChI=1S/C14H25N5O2/c1-5-6-16-10-7-11(17-8-9(20)12(15)21)19-13(18-10)14(2,3)4/h7,9,20H,5-6,8H2,1-4H3,(H2,15,21)(H2,16,17,18,19). The number of nitrogens with two attached hydrogens (primary N) is 1. The molecule has 1 unspecified atom stereocenters. The van der Waals surface area contributed by atoms with Gasteiger partial charge in [-0.05, 0) is 6.42 Å². The number of carbonyl (C=O) groups is 1. The number of nitrogens with one attached hydrogen (secondary N) is 2. The van der Waals surface area contributed by atoms with Crippen molar-refractivity contribution in [2.75, 3.05) is 23.7 Å². The van der Waals surface area contributed by atoms with Crippen molar-refractivity contribution >= 4 is 17.5 Å². The van der Waals surface area contributed by atoms with Gasteiger partial charge < -0.3 is 21.5 Å². The van der Waals surface area contributed by atoms with Gasteiger partial charge in [0.2, 0.25) is 5.91 Å². The molecule has 1 atom stereocenters. The van der Waals surface area contributed by atoms with E-state index in [1.165, 1.54) is 0 Å². The Morgan fingerprint density at radius 3 is 2.38 bits per heavy atom. The lowest BCUT2D eigenvalue weighted by molar-refractivity contribution is -0.125. The smallest absolute Gasteiger partial charge is 0.248 e. The average molecular weight is 295 g/mol. The van der Waals surface area contributed by atoms with Gasteiger partial charge in [0.15, 0.2) is 0 Å². The summed E-state index contributed by atoms with van der Waals surface area (Å²) in [5, 5.41) is 15.6. The normalized spacial score (nSPS) is 12.8. The zero-order valence-electron chi connectivity index (χ0n) is 13.1. The third-order valence-corrected chi connectivity index (χ3v) is 2.76. The number of nitrogens with zero attached hydrogens (tertiary/aromatic N) is 2. The van der Waals surface area contributed by atoms with Crippen LogP contribution in [0.15, 0.2) is 6.07 Å². The zero-order chi connectivity index (χ0) is 16.0. The van der Waals surface area contributed by atoms with E-state index < -0.39 is 12.0 Å². The molecule has 1 aromatic heterocycles. The predicted molar refractivity (Wildman–Crippen MR) is 83.2 cm³/mol. The van der Waals surface area contributed by atoms with Crippen molar-refractivity contribution in [1.29, 1.82) is 0 Å². The third-order valence-electron chi connectivity index (χ3n) is 2.76. The Morgan fingerprint density at radius 2 is 1.90 bits per heavy atom. The summed E-state index contributed by atoms with van der Waals surface area (Å²) in [7, 11) is 0. The highest BCUT2D eigenvalue weighted by molar-refractivity contribution is 5.79. The van der Waals surface area contributed by atoms with Crippen LogP contribution in [0.4, 0.5) is 11.6 Å². The molecule has 7 nitrogen and oxygen atoms in total. The summed E-state index contributed by atoms with van der Waals surface area (Å²) >= 11 is 0. The lowest BCUT2D eigenvalue weighted by Gasteiger charge is -2.19. The van der Waals surface area contributed by atoms with E-state index >= 15 is 0 Å². The summed E-state index contributed by atoms with van der Waals surface area (Å²) in [4.78, 5) is 19.7. The van der Waals surface area contributed by atoms with Crippen LogP contribution >= 0.6 is 0 Å². The summed E-state index contributed by atoms with van der Waals surface area (Å²) < 4.78 is 0. The van der Waals surface area contributed by atoms with Crippen LogP contribution in [0.1, 0.15) is 39.9 Å². The van der Waals surface area contributed by atoms with Gasteiger partial charge in [-0.25, -0.2) is 9.97 Å². The van der Waals surface area contributed by atoms with E-state index in [9.17, 15) is 9.90 Å². The van der Waals surface area contributed by atoms with Crippen molar-refractivity contribution in [3.63, 3.8) is 0 Å². The maximum atomic E-state index is 10.8. The first-order chi connectivity index (χ1) is 9.74. The largest absolute Gasteiger partial charge is 0.381 e. The fraction of sp³-hybridized carbons (Fsp3) is 0.643. The molecule has 0 fully saturated rings. The topological polar surface area (TPSA) is 113 Å². The van der Waals surface area contributed by atoms with Crippen LogP contribution in [0.5, 0.6) is 0 Å². The van der Waals surface area contributed by atoms with Gasteiger partial charge >= 0.3 is 0 Å². The Labute approximate surface area is 125 Å². The van der Waals surface area contributed by atoms with Crippen LogP contribution in [0, 0.1) is 0 Å². The number of primary amides is 1. The summed E-state index contributed by atoms with van der Waals surface area (Å²) in [5.74, 6) is 1.18. The molecule has 5 N–H and O–H groups in total. The highest BCUT2D eigenvalue weighted by Gasteiger charge is 2.19. The fourth-order valence-electron chi connectivity index (χ4n) is 1.52. The number of amides is 1. The minimum Gasteiger partial charge on any atom is -0.381 e. The lowest BCUT2D eigenvalue weighted by Crippen LogP contribution is -2.34. The van der Waals surface area contributed by atoms with Gasteiger partial charge in [0.25, 0.3) is 0 Å². The Balaban J connectivity index is 2.93. The molecular weight excluding hydrogens is 270 g/mol. The van der Waals surface area contributed by atoms with Gasteiger partial charge in [0.05, 0.1) is 6.54 Å². The number of hydrogen-bond acceptors (Lipinski definition) is 6. The van der Waals surface area contributed by atoms with E-state index in [2.05, 4.69) is 27.5 Å². The first-order valence-electron chi connectivity index (χ1n) is 7.08. The lowest BCUT2D eigenvalue weighted by atomic mass is 9.96. The summed E-state index contributed by atoms with van der Waals surface area (Å²) in [5.41, 5.74) is 4.82. The molecule has 0 aliphatic carbocycles. The van der Waals surface area contributed by atoms with Crippen molar-refractivity contribution in [3.05, 3.63) is 11.9 Å². The Kier molecular flexibility index (Phi) is 5.90. The van der Waals surface area contributed by atoms with Crippen molar-refractivity contribution in [3.8, 4) is 0 Å². The van der Waals surface area contributed by atoms with Crippen LogP contribution in [-0.2, 0) is 10.2 Å². The molecule has 0 bridgehead atoms. The van der Waals surface area contributed by atoms with Crippen molar-refractivity contribution < 1.29 is 9.90 Å². The molecule has 0 spiro atoms. The number of hydrogen-bond donors (Lipinski definition) is 4. The maximum absolute atomic E-state index is 10.8. The molecule has 21 heavy (non-hydrogen) atoms. The average Bonchev–Trinajstić information content (AvgIpc) is 2.41. The van der Waals surface area contributed by atoms with Crippen LogP contribution in [-0.4, -0.2) is 40.2 Å². The van der Waals surface area contributed by atoms with Gasteiger partial charge in [-0.15, -0.1) is 0 Å². The third kappa shape index (κ3) is 5.55. The number of carbonyl (C=O) groups excluding carboxylic acids is 1. The number of aromatic nitrogens is 2. The minimum absolute atomic E-state index is 0.0170. The molecule has 0 aliphatic rings. The van der Waals surface area contributed by atoms with Crippen LogP contribution < -0.4 is 16.4 Å². The minimum atomic E-state index is -1.25. The van der Waals surface area contributed by atoms with Crippen LogP contribution in [0.25, 0.3) is 0 Å². The number of aliphatic hydroxyl groups is 1. The Bertz CT molecular complexity index is 485. The van der Waals surface area contributed by atoms with Gasteiger partial charge in [-0.2, -0.15) is 0 Å². The van der Waals surface area contributed by atoms with E-state index in [4.69, 9.17) is 5.73 Å². The molecule has 1 aromatic rings. The quantitative estimate of drug-likeness (QED) is 0.593. The Morgan fingerprint density at radius 1 is 1.33 bits per heavy atom. The van der Waals surface area contributed by atoms with Crippen molar-refractivity contribution in [1.82, 2.24) is 9.97 Å². The van der Waals surface area contributed by atoms with E-state index in [1.54, 1.807) is 6.07 Å². The fourth-order valence-corrected chi connectivity index (χ4v) is 1.52. The predicted octanol–water partition coefficient (Wildman–Crippen LogP) is 0.854. The molecule has 7 heteroatoms. The molecule has 1 amide bonds. The second-order valence-corrected chi connectivity index (χ2v) is 5.94. The number of aliphatic hydroxyl groups excluding tert-OH is 1. The summed E-state index contributed by atoms with van der Waals surface area (Å²) in [6, 6.07) is 1.75. The molecule has 0 aromatic carbocycles. The monoisotopic (exact) mass is 295 g/mol. The van der Waals surface area contributed by atoms with E-state index in [-0.39, 0.29) is 12.0 Å². The molecule has 0 saturated carbocycles. The van der Waals surface area contributed by atoms with Gasteiger partial charge in [0.1, 0.15) is 23.6 Å². The molecule has 0 saturated heterocycles. The molecule has 0 radical (unpaired) electrons. The first-order valence-corrected chi connectivity index (χ1v) is 7.08. The SMILES string of the molecule is CCCNc1cc(NCC(O)C(N)=O)nc(C(C)(C)C)n1. The van der Waals surface area contributed by atoms with E-state index in [0.29, 0.717) is 17.5 Å². The number of rotatable bonds is 7. The van der Waals surface area contributed by atoms with Crippen LogP contribution in [0.3, 0.4) is 0 Å². The van der Waals surface area contributed by atoms with Gasteiger partial charge in [-0.3, -0.25) is 4.79 Å². The highest BCUT2D eigenvalue weighted by Crippen LogP contribution is 2.22. The van der Waals surface area contributed by atoms with Crippen molar-refractivity contribution in [2.24, 2.45) is 5.73 Å². The van der Waals surface area contributed by atoms with E-state index in [1.807, 2.05) is 20.8 Å². The second-order valence-electron chi connectivity index (χ2n) is 5.94. The zero-order valence-corrected chi connectivity index (χ0v) is 13.1. The maximum Gasteiger partial charge on any atom is 0.248 e. The molecule has 1 rings (SSSR count). The number of anilines is 2. The first kappa shape index (κ1) is 17.2. The van der Waals surface area contributed by atoms with Gasteiger partial charge in [-0.1, -0.05) is 27.7 Å². The summed E-state index contributed by atoms with van der Waals surface area (Å²) in [6.07, 6.45) is -0.261. The molecule has 118 valence electrons. The van der Waals surface area contributed by atoms with Crippen molar-refractivity contribution in [2.45, 2.75) is 45.6 Å². The Hall–Kier alpha value is -1.89.